The number of morpholine rings is 1. The van der Waals surface area contributed by atoms with Crippen molar-refractivity contribution in [3.05, 3.63) is 29.8 Å². The number of nitrogens with zero attached hydrogens (tertiary/aromatic N) is 2. The van der Waals surface area contributed by atoms with E-state index in [1.807, 2.05) is 12.1 Å². The predicted molar refractivity (Wildman–Crippen MR) is 100 cm³/mol. The Morgan fingerprint density at radius 2 is 2.00 bits per heavy atom. The van der Waals surface area contributed by atoms with Crippen LogP contribution in [0.3, 0.4) is 0 Å². The lowest BCUT2D eigenvalue weighted by molar-refractivity contribution is -0.140. The molecule has 1 aromatic rings. The number of hydrogen-bond donors (Lipinski definition) is 0. The molecule has 5 heteroatoms. The van der Waals surface area contributed by atoms with Gasteiger partial charge in [-0.3, -0.25) is 9.69 Å². The quantitative estimate of drug-likeness (QED) is 0.783. The monoisotopic (exact) mass is 358 g/mol. The molecule has 1 aliphatic carbocycles. The van der Waals surface area contributed by atoms with Crippen molar-refractivity contribution in [3.63, 3.8) is 0 Å². The fourth-order valence-corrected chi connectivity index (χ4v) is 4.38. The first-order valence-electron chi connectivity index (χ1n) is 9.99. The first kappa shape index (κ1) is 17.8. The van der Waals surface area contributed by atoms with Crippen molar-refractivity contribution in [2.45, 2.75) is 44.2 Å². The zero-order valence-corrected chi connectivity index (χ0v) is 15.7. The van der Waals surface area contributed by atoms with Gasteiger partial charge >= 0.3 is 0 Å². The fourth-order valence-electron chi connectivity index (χ4n) is 4.38. The van der Waals surface area contributed by atoms with Crippen molar-refractivity contribution >= 4 is 5.91 Å². The normalized spacial score (nSPS) is 26.4. The minimum atomic E-state index is 0.298. The van der Waals surface area contributed by atoms with E-state index in [0.29, 0.717) is 24.4 Å². The zero-order valence-electron chi connectivity index (χ0n) is 15.7. The zero-order chi connectivity index (χ0) is 17.9. The molecule has 0 unspecified atom stereocenters. The molecule has 1 aromatic carbocycles. The van der Waals surface area contributed by atoms with Crippen LogP contribution in [0.5, 0.6) is 5.75 Å². The minimum Gasteiger partial charge on any atom is -0.497 e. The molecule has 3 aliphatic rings. The summed E-state index contributed by atoms with van der Waals surface area (Å²) in [6, 6.07) is 9.12. The number of ether oxygens (including phenoxy) is 2. The SMILES string of the molecule is COc1ccc(CCCC(=O)N2CCN3[C@@H](COC[C@@H]3C3CC3)C2)cc1. The molecule has 4 rings (SSSR count). The van der Waals surface area contributed by atoms with Crippen LogP contribution in [0.15, 0.2) is 24.3 Å². The van der Waals surface area contributed by atoms with E-state index >= 15 is 0 Å². The first-order valence-corrected chi connectivity index (χ1v) is 9.99. The number of carbonyl (C=O) groups is 1. The highest BCUT2D eigenvalue weighted by Crippen LogP contribution is 2.38. The average molecular weight is 358 g/mol. The molecule has 2 atom stereocenters. The number of fused-ring (bicyclic) bond motifs is 1. The minimum absolute atomic E-state index is 0.298. The van der Waals surface area contributed by atoms with Crippen LogP contribution in [0.2, 0.25) is 0 Å². The highest BCUT2D eigenvalue weighted by molar-refractivity contribution is 5.76. The maximum atomic E-state index is 12.6. The van der Waals surface area contributed by atoms with Crippen molar-refractivity contribution in [2.24, 2.45) is 5.92 Å². The standard InChI is InChI=1S/C21H30N2O3/c1-25-19-9-5-16(6-10-19)3-2-4-21(24)22-11-12-23-18(13-22)14-26-15-20(23)17-7-8-17/h5-6,9-10,17-18,20H,2-4,7-8,11-15H2,1H3/t18-,20-/m1/s1. The molecule has 0 aromatic heterocycles. The van der Waals surface area contributed by atoms with Gasteiger partial charge < -0.3 is 14.4 Å². The van der Waals surface area contributed by atoms with Crippen LogP contribution >= 0.6 is 0 Å². The number of amides is 1. The first-order chi connectivity index (χ1) is 12.7. The third-order valence-corrected chi connectivity index (χ3v) is 6.09. The second-order valence-corrected chi connectivity index (χ2v) is 7.88. The Morgan fingerprint density at radius 3 is 2.73 bits per heavy atom. The molecule has 1 saturated carbocycles. The van der Waals surface area contributed by atoms with Gasteiger partial charge in [0.15, 0.2) is 0 Å². The molecule has 2 aliphatic heterocycles. The van der Waals surface area contributed by atoms with Gasteiger partial charge in [-0.2, -0.15) is 0 Å². The van der Waals surface area contributed by atoms with Crippen LogP contribution < -0.4 is 4.74 Å². The highest BCUT2D eigenvalue weighted by atomic mass is 16.5. The number of hydrogen-bond acceptors (Lipinski definition) is 4. The molecule has 0 radical (unpaired) electrons. The topological polar surface area (TPSA) is 42.0 Å². The second-order valence-electron chi connectivity index (χ2n) is 7.88. The molecule has 2 heterocycles. The highest BCUT2D eigenvalue weighted by Gasteiger charge is 2.43. The van der Waals surface area contributed by atoms with Crippen LogP contribution in [-0.2, 0) is 16.0 Å². The van der Waals surface area contributed by atoms with Crippen molar-refractivity contribution in [1.29, 1.82) is 0 Å². The third kappa shape index (κ3) is 4.04. The summed E-state index contributed by atoms with van der Waals surface area (Å²) in [5.74, 6) is 2.01. The maximum absolute atomic E-state index is 12.6. The molecule has 0 N–H and O–H groups in total. The molecule has 26 heavy (non-hydrogen) atoms. The van der Waals surface area contributed by atoms with Gasteiger partial charge in [-0.05, 0) is 49.3 Å². The van der Waals surface area contributed by atoms with E-state index in [4.69, 9.17) is 9.47 Å². The largest absolute Gasteiger partial charge is 0.497 e. The van der Waals surface area contributed by atoms with E-state index in [9.17, 15) is 4.79 Å². The summed E-state index contributed by atoms with van der Waals surface area (Å²) >= 11 is 0. The smallest absolute Gasteiger partial charge is 0.222 e. The van der Waals surface area contributed by atoms with Crippen LogP contribution in [0.25, 0.3) is 0 Å². The Morgan fingerprint density at radius 1 is 1.19 bits per heavy atom. The van der Waals surface area contributed by atoms with Crippen LogP contribution in [0.4, 0.5) is 0 Å². The van der Waals surface area contributed by atoms with Crippen LogP contribution in [0, 0.1) is 5.92 Å². The van der Waals surface area contributed by atoms with Gasteiger partial charge in [0.1, 0.15) is 5.75 Å². The van der Waals surface area contributed by atoms with E-state index < -0.39 is 0 Å². The summed E-state index contributed by atoms with van der Waals surface area (Å²) in [6.45, 7) is 4.39. The predicted octanol–water partition coefficient (Wildman–Crippen LogP) is 2.34. The van der Waals surface area contributed by atoms with E-state index in [1.54, 1.807) is 7.11 Å². The van der Waals surface area contributed by atoms with E-state index in [1.165, 1.54) is 18.4 Å². The third-order valence-electron chi connectivity index (χ3n) is 6.09. The van der Waals surface area contributed by atoms with E-state index in [0.717, 1.165) is 57.4 Å². The lowest BCUT2D eigenvalue weighted by Crippen LogP contribution is -2.63. The van der Waals surface area contributed by atoms with Gasteiger partial charge in [0.05, 0.1) is 26.4 Å². The van der Waals surface area contributed by atoms with Gasteiger partial charge in [0.25, 0.3) is 0 Å². The lowest BCUT2D eigenvalue weighted by Gasteiger charge is -2.48. The van der Waals surface area contributed by atoms with Gasteiger partial charge in [0, 0.05) is 32.1 Å². The molecule has 0 bridgehead atoms. The summed E-state index contributed by atoms with van der Waals surface area (Å²) in [4.78, 5) is 17.3. The van der Waals surface area contributed by atoms with Gasteiger partial charge in [-0.15, -0.1) is 0 Å². The molecule has 2 saturated heterocycles. The molecular formula is C21H30N2O3. The fraction of sp³-hybridized carbons (Fsp3) is 0.667. The maximum Gasteiger partial charge on any atom is 0.222 e. The Hall–Kier alpha value is -1.59. The van der Waals surface area contributed by atoms with Crippen molar-refractivity contribution in [3.8, 4) is 5.75 Å². The number of aryl methyl sites for hydroxylation is 1. The molecule has 1 amide bonds. The Bertz CT molecular complexity index is 614. The summed E-state index contributed by atoms with van der Waals surface area (Å²) < 4.78 is 11.0. The van der Waals surface area contributed by atoms with E-state index in [-0.39, 0.29) is 0 Å². The summed E-state index contributed by atoms with van der Waals surface area (Å²) in [7, 11) is 1.68. The average Bonchev–Trinajstić information content (AvgIpc) is 3.52. The van der Waals surface area contributed by atoms with Gasteiger partial charge in [-0.1, -0.05) is 12.1 Å². The number of piperazine rings is 1. The van der Waals surface area contributed by atoms with E-state index in [2.05, 4.69) is 21.9 Å². The number of methoxy groups -OCH3 is 1. The molecule has 0 spiro atoms. The number of carbonyl (C=O) groups excluding carboxylic acids is 1. The Balaban J connectivity index is 1.23. The molecular weight excluding hydrogens is 328 g/mol. The van der Waals surface area contributed by atoms with Crippen molar-refractivity contribution < 1.29 is 14.3 Å². The van der Waals surface area contributed by atoms with Crippen molar-refractivity contribution in [2.75, 3.05) is 40.0 Å². The van der Waals surface area contributed by atoms with Gasteiger partial charge in [0.2, 0.25) is 5.91 Å². The molecule has 142 valence electrons. The van der Waals surface area contributed by atoms with Crippen LogP contribution in [-0.4, -0.2) is 67.7 Å². The lowest BCUT2D eigenvalue weighted by atomic mass is 10.0. The van der Waals surface area contributed by atoms with Gasteiger partial charge in [-0.25, -0.2) is 0 Å². The summed E-state index contributed by atoms with van der Waals surface area (Å²) in [5.41, 5.74) is 1.26. The molecule has 3 fully saturated rings. The number of rotatable bonds is 6. The summed E-state index contributed by atoms with van der Waals surface area (Å²) in [6.07, 6.45) is 5.17. The van der Waals surface area contributed by atoms with Crippen molar-refractivity contribution in [1.82, 2.24) is 9.80 Å². The Labute approximate surface area is 156 Å². The second kappa shape index (κ2) is 7.97. The molecule has 5 nitrogen and oxygen atoms in total. The van der Waals surface area contributed by atoms with Crippen LogP contribution in [0.1, 0.15) is 31.2 Å². The number of benzene rings is 1. The summed E-state index contributed by atoms with van der Waals surface area (Å²) in [5, 5.41) is 0. The Kier molecular flexibility index (Phi) is 5.46.